The fraction of sp³-hybridized carbons (Fsp3) is 0.500. The summed E-state index contributed by atoms with van der Waals surface area (Å²) in [5.41, 5.74) is -0.237. The molecule has 3 aromatic heterocycles. The number of thiophene rings is 1. The Bertz CT molecular complexity index is 2420. The van der Waals surface area contributed by atoms with Crippen molar-refractivity contribution in [2.45, 2.75) is 113 Å². The van der Waals surface area contributed by atoms with Gasteiger partial charge in [-0.15, -0.1) is 11.3 Å². The second-order valence-electron chi connectivity index (χ2n) is 16.8. The van der Waals surface area contributed by atoms with Crippen LogP contribution < -0.4 is 24.8 Å². The monoisotopic (exact) mass is 847 g/mol. The molecule has 3 N–H and O–H groups in total. The van der Waals surface area contributed by atoms with Gasteiger partial charge < -0.3 is 34.2 Å². The molecule has 59 heavy (non-hydrogen) atoms. The van der Waals surface area contributed by atoms with E-state index in [-0.39, 0.29) is 19.4 Å². The fourth-order valence-electron chi connectivity index (χ4n) is 7.93. The van der Waals surface area contributed by atoms with Gasteiger partial charge in [-0.2, -0.15) is 0 Å². The summed E-state index contributed by atoms with van der Waals surface area (Å²) >= 11 is 1.51. The smallest absolute Gasteiger partial charge is 0.408 e. The molecule has 8 rings (SSSR count). The van der Waals surface area contributed by atoms with Crippen molar-refractivity contribution < 1.29 is 46.2 Å². The molecule has 4 amide bonds. The predicted molar refractivity (Wildman–Crippen MR) is 220 cm³/mol. The summed E-state index contributed by atoms with van der Waals surface area (Å²) in [6.45, 7) is 5.14. The van der Waals surface area contributed by atoms with Crippen molar-refractivity contribution in [3.8, 4) is 22.1 Å². The third-order valence-electron chi connectivity index (χ3n) is 11.2. The number of nitrogens with zero attached hydrogens (tertiary/aromatic N) is 2. The molecular weight excluding hydrogens is 799 g/mol. The van der Waals surface area contributed by atoms with Crippen molar-refractivity contribution in [2.24, 2.45) is 5.92 Å². The molecule has 15 nitrogen and oxygen atoms in total. The van der Waals surface area contributed by atoms with Gasteiger partial charge in [0.15, 0.2) is 11.3 Å². The molecule has 0 radical (unpaired) electrons. The van der Waals surface area contributed by atoms with Gasteiger partial charge in [-0.05, 0) is 82.9 Å². The molecule has 5 atom stereocenters. The molecule has 0 bridgehead atoms. The second kappa shape index (κ2) is 15.8. The van der Waals surface area contributed by atoms with Crippen molar-refractivity contribution in [1.82, 2.24) is 25.2 Å². The largest absolute Gasteiger partial charge is 0.497 e. The van der Waals surface area contributed by atoms with Crippen LogP contribution in [0.5, 0.6) is 11.5 Å². The van der Waals surface area contributed by atoms with Crippen LogP contribution in [0.3, 0.4) is 0 Å². The van der Waals surface area contributed by atoms with E-state index in [0.717, 1.165) is 23.1 Å². The molecule has 5 heterocycles. The maximum Gasteiger partial charge on any atom is 0.408 e. The summed E-state index contributed by atoms with van der Waals surface area (Å²) in [5, 5.41) is 7.71. The van der Waals surface area contributed by atoms with E-state index in [4.69, 9.17) is 23.6 Å². The SMILES string of the molecule is COc1ccc2c(c1)oc1c(O[C@@H]3C[C@H]4C(=O)N[C@]5(C(=O)NS(=O)(=O)C6CC6)C[C@H]5C=CCCCCC[C@H](NC(=O)OC(C)(C)C)C(=O)N4C3)cc(-c3cccs3)nc12. The van der Waals surface area contributed by atoms with Crippen LogP contribution in [-0.2, 0) is 29.1 Å². The Morgan fingerprint density at radius 1 is 1.08 bits per heavy atom. The standard InChI is InChI=1S/C42H49N5O10S2/c1-41(2,3)57-40(51)44-29-12-9-7-5-6-8-11-24-22-42(24,39(50)46-59(52,53)27-15-16-27)45-37(48)31-19-26(23-47(31)38(29)49)55-33-21-30(34-13-10-18-58-34)43-35-28-17-14-25(54-4)20-32(28)56-36(33)35/h8,10-11,13-14,17-18,20-21,24,26-27,29,31H,5-7,9,12,15-16,19,22-23H2,1-4H3,(H,44,51)(H,45,48)(H,46,50)/t24-,26-,29+,31+,42-/m1/s1. The van der Waals surface area contributed by atoms with E-state index in [2.05, 4.69) is 15.4 Å². The number of allylic oxidation sites excluding steroid dienone is 1. The molecule has 4 aromatic rings. The van der Waals surface area contributed by atoms with Crippen molar-refractivity contribution in [3.63, 3.8) is 0 Å². The number of sulfonamides is 1. The Hall–Kier alpha value is -5.16. The number of ether oxygens (including phenoxy) is 3. The number of alkyl carbamates (subject to hydrolysis) is 1. The second-order valence-corrected chi connectivity index (χ2v) is 19.7. The summed E-state index contributed by atoms with van der Waals surface area (Å²) < 4.78 is 52.1. The van der Waals surface area contributed by atoms with Crippen LogP contribution in [0.4, 0.5) is 4.79 Å². The summed E-state index contributed by atoms with van der Waals surface area (Å²) in [6.07, 6.45) is 6.55. The van der Waals surface area contributed by atoms with E-state index in [1.807, 2.05) is 41.8 Å². The minimum atomic E-state index is -3.92. The average molecular weight is 848 g/mol. The van der Waals surface area contributed by atoms with Gasteiger partial charge in [0.05, 0.1) is 29.5 Å². The highest BCUT2D eigenvalue weighted by atomic mass is 32.2. The minimum absolute atomic E-state index is 0.0154. The Balaban J connectivity index is 1.15. The van der Waals surface area contributed by atoms with E-state index in [1.165, 1.54) is 16.2 Å². The topological polar surface area (TPSA) is 195 Å². The lowest BCUT2D eigenvalue weighted by atomic mass is 10.0. The van der Waals surface area contributed by atoms with Gasteiger partial charge >= 0.3 is 6.09 Å². The number of carbonyl (C=O) groups is 4. The molecule has 2 aliphatic heterocycles. The zero-order valence-electron chi connectivity index (χ0n) is 33.4. The number of furan rings is 1. The van der Waals surface area contributed by atoms with E-state index in [1.54, 1.807) is 40.0 Å². The maximum atomic E-state index is 14.7. The number of nitrogens with one attached hydrogen (secondary N) is 3. The number of rotatable bonds is 8. The Morgan fingerprint density at radius 3 is 2.63 bits per heavy atom. The van der Waals surface area contributed by atoms with Gasteiger partial charge in [-0.1, -0.05) is 31.1 Å². The molecule has 3 fully saturated rings. The van der Waals surface area contributed by atoms with E-state index >= 15 is 0 Å². The zero-order valence-corrected chi connectivity index (χ0v) is 35.1. The van der Waals surface area contributed by atoms with Crippen LogP contribution in [0.2, 0.25) is 0 Å². The lowest BCUT2D eigenvalue weighted by Gasteiger charge is -2.30. The van der Waals surface area contributed by atoms with E-state index in [0.29, 0.717) is 66.0 Å². The van der Waals surface area contributed by atoms with Crippen LogP contribution >= 0.6 is 11.3 Å². The van der Waals surface area contributed by atoms with E-state index in [9.17, 15) is 27.6 Å². The van der Waals surface area contributed by atoms with Crippen LogP contribution in [0.25, 0.3) is 32.6 Å². The summed E-state index contributed by atoms with van der Waals surface area (Å²) in [7, 11) is -2.35. The van der Waals surface area contributed by atoms with Gasteiger partial charge in [-0.25, -0.2) is 18.2 Å². The predicted octanol–water partition coefficient (Wildman–Crippen LogP) is 5.96. The molecular formula is C42H49N5O10S2. The van der Waals surface area contributed by atoms with Crippen molar-refractivity contribution in [2.75, 3.05) is 13.7 Å². The Morgan fingerprint density at radius 2 is 1.90 bits per heavy atom. The molecule has 0 spiro atoms. The summed E-state index contributed by atoms with van der Waals surface area (Å²) in [6, 6.07) is 8.92. The number of methoxy groups -OCH3 is 1. The zero-order chi connectivity index (χ0) is 41.7. The third kappa shape index (κ3) is 8.62. The number of fused-ring (bicyclic) bond motifs is 5. The first-order chi connectivity index (χ1) is 28.1. The number of benzene rings is 1. The minimum Gasteiger partial charge on any atom is -0.497 e. The highest BCUT2D eigenvalue weighted by Crippen LogP contribution is 2.46. The van der Waals surface area contributed by atoms with Gasteiger partial charge in [0.1, 0.15) is 46.2 Å². The van der Waals surface area contributed by atoms with Gasteiger partial charge in [-0.3, -0.25) is 19.1 Å². The van der Waals surface area contributed by atoms with Crippen LogP contribution in [0, 0.1) is 5.92 Å². The third-order valence-corrected chi connectivity index (χ3v) is 13.9. The first-order valence-electron chi connectivity index (χ1n) is 20.1. The number of hydrogen-bond donors (Lipinski definition) is 3. The number of pyridine rings is 1. The Labute approximate surface area is 346 Å². The molecule has 2 saturated carbocycles. The number of hydrogen-bond acceptors (Lipinski definition) is 12. The number of aromatic nitrogens is 1. The van der Waals surface area contributed by atoms with Crippen LogP contribution in [-0.4, -0.2) is 90.3 Å². The molecule has 17 heteroatoms. The molecule has 1 saturated heterocycles. The Kier molecular flexibility index (Phi) is 10.9. The van der Waals surface area contributed by atoms with E-state index < -0.39 is 74.3 Å². The van der Waals surface area contributed by atoms with Crippen molar-refractivity contribution in [1.29, 1.82) is 0 Å². The van der Waals surface area contributed by atoms with Crippen LogP contribution in [0.15, 0.2) is 58.3 Å². The van der Waals surface area contributed by atoms with Gasteiger partial charge in [0, 0.05) is 29.9 Å². The summed E-state index contributed by atoms with van der Waals surface area (Å²) in [5.74, 6) is -1.44. The molecule has 314 valence electrons. The van der Waals surface area contributed by atoms with Crippen molar-refractivity contribution >= 4 is 67.2 Å². The molecule has 4 aliphatic rings. The number of amides is 4. The summed E-state index contributed by atoms with van der Waals surface area (Å²) in [4.78, 5) is 63.5. The lowest BCUT2D eigenvalue weighted by Crippen LogP contribution is -2.58. The van der Waals surface area contributed by atoms with Gasteiger partial charge in [0.25, 0.3) is 5.91 Å². The first kappa shape index (κ1) is 40.6. The fourth-order valence-corrected chi connectivity index (χ4v) is 9.98. The average Bonchev–Trinajstić information content (AvgIpc) is 3.97. The lowest BCUT2D eigenvalue weighted by molar-refractivity contribution is -0.141. The highest BCUT2D eigenvalue weighted by Gasteiger charge is 2.62. The highest BCUT2D eigenvalue weighted by molar-refractivity contribution is 7.91. The maximum absolute atomic E-state index is 14.7. The van der Waals surface area contributed by atoms with Gasteiger partial charge in [0.2, 0.25) is 21.8 Å². The first-order valence-corrected chi connectivity index (χ1v) is 22.5. The van der Waals surface area contributed by atoms with Crippen LogP contribution in [0.1, 0.15) is 78.6 Å². The number of carbonyl (C=O) groups excluding carboxylic acids is 4. The quantitative estimate of drug-likeness (QED) is 0.177. The van der Waals surface area contributed by atoms with Crippen molar-refractivity contribution in [3.05, 3.63) is 53.9 Å². The molecule has 1 aromatic carbocycles. The normalized spacial score (nSPS) is 25.3. The molecule has 2 aliphatic carbocycles. The molecule has 0 unspecified atom stereocenters.